The topological polar surface area (TPSA) is 26.3 Å². The first-order valence-corrected chi connectivity index (χ1v) is 3.60. The van der Waals surface area contributed by atoms with Gasteiger partial charge < -0.3 is 4.74 Å². The highest BCUT2D eigenvalue weighted by Crippen LogP contribution is 2.05. The number of rotatable bonds is 5. The zero-order valence-corrected chi connectivity index (χ0v) is 6.48. The highest BCUT2D eigenvalue weighted by molar-refractivity contribution is 5.69. The summed E-state index contributed by atoms with van der Waals surface area (Å²) in [7, 11) is 0. The third kappa shape index (κ3) is 7.22. The molecule has 0 unspecified atom stereocenters. The van der Waals surface area contributed by atoms with Gasteiger partial charge in [0.2, 0.25) is 6.43 Å². The van der Waals surface area contributed by atoms with Gasteiger partial charge in [0.05, 0.1) is 6.61 Å². The molecular formula is C7H12F2O2. The summed E-state index contributed by atoms with van der Waals surface area (Å²) in [6, 6.07) is 0. The second kappa shape index (κ2) is 6.07. The summed E-state index contributed by atoms with van der Waals surface area (Å²) in [5, 5.41) is 0. The molecule has 0 atom stereocenters. The number of esters is 1. The average Bonchev–Trinajstić information content (AvgIpc) is 1.87. The summed E-state index contributed by atoms with van der Waals surface area (Å²) in [6.07, 6.45) is -2.24. The third-order valence-corrected chi connectivity index (χ3v) is 1.11. The Morgan fingerprint density at radius 2 is 2.18 bits per heavy atom. The second-order valence-electron chi connectivity index (χ2n) is 2.09. The van der Waals surface area contributed by atoms with Crippen molar-refractivity contribution in [1.29, 1.82) is 0 Å². The van der Waals surface area contributed by atoms with Gasteiger partial charge in [-0.3, -0.25) is 4.79 Å². The van der Waals surface area contributed by atoms with Gasteiger partial charge in [-0.15, -0.1) is 0 Å². The Balaban J connectivity index is 3.17. The van der Waals surface area contributed by atoms with Crippen molar-refractivity contribution in [3.63, 3.8) is 0 Å². The minimum Gasteiger partial charge on any atom is -0.466 e. The first kappa shape index (κ1) is 10.3. The van der Waals surface area contributed by atoms with Gasteiger partial charge in [0.1, 0.15) is 0 Å². The van der Waals surface area contributed by atoms with Gasteiger partial charge in [0, 0.05) is 12.8 Å². The Morgan fingerprint density at radius 1 is 1.55 bits per heavy atom. The first-order chi connectivity index (χ1) is 5.16. The van der Waals surface area contributed by atoms with Crippen LogP contribution < -0.4 is 0 Å². The summed E-state index contributed by atoms with van der Waals surface area (Å²) < 4.78 is 27.6. The molecule has 0 aliphatic carbocycles. The summed E-state index contributed by atoms with van der Waals surface area (Å²) in [4.78, 5) is 10.6. The molecule has 0 N–H and O–H groups in total. The van der Waals surface area contributed by atoms with Crippen molar-refractivity contribution in [2.45, 2.75) is 32.6 Å². The van der Waals surface area contributed by atoms with Crippen LogP contribution in [0, 0.1) is 0 Å². The predicted octanol–water partition coefficient (Wildman–Crippen LogP) is 1.98. The molecule has 66 valence electrons. The molecule has 4 heteroatoms. The maximum absolute atomic E-state index is 11.5. The van der Waals surface area contributed by atoms with Crippen LogP contribution in [0.3, 0.4) is 0 Å². The van der Waals surface area contributed by atoms with E-state index >= 15 is 0 Å². The summed E-state index contributed by atoms with van der Waals surface area (Å²) in [6.45, 7) is 2.00. The van der Waals surface area contributed by atoms with Crippen molar-refractivity contribution in [2.75, 3.05) is 6.61 Å². The molecule has 0 aliphatic rings. The fourth-order valence-corrected chi connectivity index (χ4v) is 0.634. The van der Waals surface area contributed by atoms with E-state index in [0.717, 1.165) is 0 Å². The molecule has 0 rings (SSSR count). The maximum Gasteiger partial charge on any atom is 0.305 e. The molecule has 0 saturated heterocycles. The van der Waals surface area contributed by atoms with E-state index in [1.54, 1.807) is 6.92 Å². The number of hydrogen-bond donors (Lipinski definition) is 0. The Kier molecular flexibility index (Phi) is 5.70. The number of ether oxygens (including phenoxy) is 1. The van der Waals surface area contributed by atoms with Crippen molar-refractivity contribution in [2.24, 2.45) is 0 Å². The number of carbonyl (C=O) groups is 1. The van der Waals surface area contributed by atoms with Crippen molar-refractivity contribution >= 4 is 5.97 Å². The SMILES string of the molecule is CCOC(=O)CCCC(F)F. The average molecular weight is 166 g/mol. The highest BCUT2D eigenvalue weighted by atomic mass is 19.3. The largest absolute Gasteiger partial charge is 0.466 e. The molecule has 0 aliphatic heterocycles. The minimum absolute atomic E-state index is 0.0954. The van der Waals surface area contributed by atoms with Crippen LogP contribution in [-0.4, -0.2) is 19.0 Å². The molecule has 0 radical (unpaired) electrons. The van der Waals surface area contributed by atoms with Crippen LogP contribution in [0.4, 0.5) is 8.78 Å². The quantitative estimate of drug-likeness (QED) is 0.584. The van der Waals surface area contributed by atoms with E-state index < -0.39 is 12.4 Å². The van der Waals surface area contributed by atoms with Crippen molar-refractivity contribution < 1.29 is 18.3 Å². The van der Waals surface area contributed by atoms with Crippen molar-refractivity contribution in [3.05, 3.63) is 0 Å². The van der Waals surface area contributed by atoms with Gasteiger partial charge in [-0.2, -0.15) is 0 Å². The second-order valence-corrected chi connectivity index (χ2v) is 2.09. The lowest BCUT2D eigenvalue weighted by molar-refractivity contribution is -0.143. The van der Waals surface area contributed by atoms with E-state index in [1.807, 2.05) is 0 Å². The zero-order valence-electron chi connectivity index (χ0n) is 6.48. The Bertz CT molecular complexity index is 115. The molecule has 0 fully saturated rings. The van der Waals surface area contributed by atoms with E-state index in [2.05, 4.69) is 4.74 Å². The molecule has 0 saturated carbocycles. The van der Waals surface area contributed by atoms with Crippen LogP contribution >= 0.6 is 0 Å². The van der Waals surface area contributed by atoms with Gasteiger partial charge in [0.25, 0.3) is 0 Å². The lowest BCUT2D eigenvalue weighted by Crippen LogP contribution is -2.04. The van der Waals surface area contributed by atoms with Crippen LogP contribution in [0.5, 0.6) is 0 Å². The molecule has 0 aromatic heterocycles. The number of alkyl halides is 2. The van der Waals surface area contributed by atoms with Crippen LogP contribution in [0.1, 0.15) is 26.2 Å². The predicted molar refractivity (Wildman–Crippen MR) is 36.5 cm³/mol. The Labute approximate surface area is 64.5 Å². The summed E-state index contributed by atoms with van der Waals surface area (Å²) >= 11 is 0. The van der Waals surface area contributed by atoms with Gasteiger partial charge in [0.15, 0.2) is 0 Å². The van der Waals surface area contributed by atoms with Crippen molar-refractivity contribution in [3.8, 4) is 0 Å². The van der Waals surface area contributed by atoms with E-state index in [-0.39, 0.29) is 19.3 Å². The zero-order chi connectivity index (χ0) is 8.69. The first-order valence-electron chi connectivity index (χ1n) is 3.60. The van der Waals surface area contributed by atoms with E-state index in [1.165, 1.54) is 0 Å². The van der Waals surface area contributed by atoms with Crippen LogP contribution in [0.25, 0.3) is 0 Å². The monoisotopic (exact) mass is 166 g/mol. The lowest BCUT2D eigenvalue weighted by Gasteiger charge is -2.00. The fraction of sp³-hybridized carbons (Fsp3) is 0.857. The molecule has 0 spiro atoms. The van der Waals surface area contributed by atoms with Gasteiger partial charge in [-0.25, -0.2) is 8.78 Å². The van der Waals surface area contributed by atoms with Crippen LogP contribution in [-0.2, 0) is 9.53 Å². The van der Waals surface area contributed by atoms with E-state index in [9.17, 15) is 13.6 Å². The molecule has 0 aromatic carbocycles. The molecule has 0 amide bonds. The normalized spacial score (nSPS) is 10.2. The standard InChI is InChI=1S/C7H12F2O2/c1-2-11-7(10)5-3-4-6(8)9/h6H,2-5H2,1H3. The molecule has 2 nitrogen and oxygen atoms in total. The Hall–Kier alpha value is -0.670. The fourth-order valence-electron chi connectivity index (χ4n) is 0.634. The molecule has 0 heterocycles. The maximum atomic E-state index is 11.5. The smallest absolute Gasteiger partial charge is 0.305 e. The Morgan fingerprint density at radius 3 is 2.64 bits per heavy atom. The van der Waals surface area contributed by atoms with E-state index in [0.29, 0.717) is 6.61 Å². The molecular weight excluding hydrogens is 154 g/mol. The third-order valence-electron chi connectivity index (χ3n) is 1.11. The van der Waals surface area contributed by atoms with Gasteiger partial charge in [-0.05, 0) is 13.3 Å². The molecule has 11 heavy (non-hydrogen) atoms. The van der Waals surface area contributed by atoms with Crippen LogP contribution in [0.2, 0.25) is 0 Å². The van der Waals surface area contributed by atoms with Gasteiger partial charge >= 0.3 is 5.97 Å². The van der Waals surface area contributed by atoms with Gasteiger partial charge in [-0.1, -0.05) is 0 Å². The van der Waals surface area contributed by atoms with Crippen LogP contribution in [0.15, 0.2) is 0 Å². The molecule has 0 aromatic rings. The number of carbonyl (C=O) groups excluding carboxylic acids is 1. The number of hydrogen-bond acceptors (Lipinski definition) is 2. The molecule has 0 bridgehead atoms. The summed E-state index contributed by atoms with van der Waals surface area (Å²) in [5.41, 5.74) is 0. The minimum atomic E-state index is -2.32. The number of halogens is 2. The highest BCUT2D eigenvalue weighted by Gasteiger charge is 2.05. The van der Waals surface area contributed by atoms with E-state index in [4.69, 9.17) is 0 Å². The lowest BCUT2D eigenvalue weighted by atomic mass is 10.2. The summed E-state index contributed by atoms with van der Waals surface area (Å²) in [5.74, 6) is -0.395. The van der Waals surface area contributed by atoms with Crippen molar-refractivity contribution in [1.82, 2.24) is 0 Å².